The summed E-state index contributed by atoms with van der Waals surface area (Å²) in [4.78, 5) is 13.1. The lowest BCUT2D eigenvalue weighted by Crippen LogP contribution is -2.46. The van der Waals surface area contributed by atoms with Crippen LogP contribution in [0.15, 0.2) is 0 Å². The number of likely N-dealkylation sites (tertiary alicyclic amines) is 1. The molecule has 2 aliphatic heterocycles. The van der Waals surface area contributed by atoms with Gasteiger partial charge in [-0.15, -0.1) is 0 Å². The van der Waals surface area contributed by atoms with Gasteiger partial charge in [-0.3, -0.25) is 4.90 Å². The van der Waals surface area contributed by atoms with Crippen molar-refractivity contribution in [1.82, 2.24) is 4.90 Å². The third-order valence-electron chi connectivity index (χ3n) is 2.91. The number of hydrogen-bond acceptors (Lipinski definition) is 4. The number of amides is 1. The lowest BCUT2D eigenvalue weighted by Gasteiger charge is -2.28. The van der Waals surface area contributed by atoms with Crippen LogP contribution < -0.4 is 0 Å². The van der Waals surface area contributed by atoms with Gasteiger partial charge in [0.05, 0.1) is 19.2 Å². The Bertz CT molecular complexity index is 317. The summed E-state index contributed by atoms with van der Waals surface area (Å²) < 4.78 is 23.9. The van der Waals surface area contributed by atoms with Gasteiger partial charge in [0.25, 0.3) is 0 Å². The van der Waals surface area contributed by atoms with Gasteiger partial charge >= 0.3 is 6.09 Å². The van der Waals surface area contributed by atoms with E-state index in [-0.39, 0.29) is 13.2 Å². The lowest BCUT2D eigenvalue weighted by molar-refractivity contribution is 0.00976. The molecule has 17 heavy (non-hydrogen) atoms. The predicted octanol–water partition coefficient (Wildman–Crippen LogP) is 0.704. The number of halogens is 1. The molecule has 5 nitrogen and oxygen atoms in total. The van der Waals surface area contributed by atoms with E-state index >= 15 is 0 Å². The molecule has 0 unspecified atom stereocenters. The minimum absolute atomic E-state index is 0.0645. The van der Waals surface area contributed by atoms with E-state index < -0.39 is 36.1 Å². The minimum Gasteiger partial charge on any atom is -0.444 e. The normalized spacial score (nSPS) is 37.1. The highest BCUT2D eigenvalue weighted by molar-refractivity contribution is 5.69. The maximum absolute atomic E-state index is 13.6. The summed E-state index contributed by atoms with van der Waals surface area (Å²) in [5.74, 6) is 0. The van der Waals surface area contributed by atoms with E-state index in [1.807, 2.05) is 0 Å². The number of nitrogens with zero attached hydrogens (tertiary/aromatic N) is 1. The lowest BCUT2D eigenvalue weighted by atomic mass is 10.1. The van der Waals surface area contributed by atoms with Gasteiger partial charge in [-0.2, -0.15) is 0 Å². The van der Waals surface area contributed by atoms with Crippen LogP contribution >= 0.6 is 0 Å². The van der Waals surface area contributed by atoms with Crippen LogP contribution in [-0.4, -0.2) is 59.3 Å². The second kappa shape index (κ2) is 4.10. The van der Waals surface area contributed by atoms with E-state index in [9.17, 15) is 14.3 Å². The van der Waals surface area contributed by atoms with Crippen molar-refractivity contribution in [3.8, 4) is 0 Å². The second-order valence-electron chi connectivity index (χ2n) is 5.50. The highest BCUT2D eigenvalue weighted by atomic mass is 19.1. The van der Waals surface area contributed by atoms with Gasteiger partial charge < -0.3 is 14.6 Å². The Hall–Kier alpha value is -0.880. The van der Waals surface area contributed by atoms with E-state index in [1.54, 1.807) is 20.8 Å². The van der Waals surface area contributed by atoms with E-state index in [2.05, 4.69) is 0 Å². The number of fused-ring (bicyclic) bond motifs is 1. The SMILES string of the molecule is CC(C)(C)OC(=O)N1C[C@@H](F)[C@H]2OC[C@H](O)[C@H]21. The first-order chi connectivity index (χ1) is 7.79. The third-order valence-corrected chi connectivity index (χ3v) is 2.91. The molecule has 0 aliphatic carbocycles. The zero-order valence-electron chi connectivity index (χ0n) is 10.2. The summed E-state index contributed by atoms with van der Waals surface area (Å²) in [6.07, 6.45) is -3.42. The van der Waals surface area contributed by atoms with Crippen molar-refractivity contribution >= 4 is 6.09 Å². The maximum Gasteiger partial charge on any atom is 0.410 e. The van der Waals surface area contributed by atoms with Crippen molar-refractivity contribution in [3.63, 3.8) is 0 Å². The predicted molar refractivity (Wildman–Crippen MR) is 57.4 cm³/mol. The summed E-state index contributed by atoms with van der Waals surface area (Å²) in [5, 5.41) is 9.69. The molecular formula is C11H18FNO4. The standard InChI is InChI=1S/C11H18FNO4/c1-11(2,3)17-10(15)13-4-6(12)9-8(13)7(14)5-16-9/h6-9,14H,4-5H2,1-3H3/t6-,7+,8-,9-/m1/s1. The largest absolute Gasteiger partial charge is 0.444 e. The van der Waals surface area contributed by atoms with Gasteiger partial charge in [-0.05, 0) is 20.8 Å². The van der Waals surface area contributed by atoms with Crippen LogP contribution in [0, 0.1) is 0 Å². The van der Waals surface area contributed by atoms with Gasteiger partial charge in [-0.25, -0.2) is 9.18 Å². The molecule has 2 saturated heterocycles. The molecule has 2 heterocycles. The summed E-state index contributed by atoms with van der Waals surface area (Å²) in [6, 6.07) is -0.625. The summed E-state index contributed by atoms with van der Waals surface area (Å²) in [5.41, 5.74) is -0.634. The fraction of sp³-hybridized carbons (Fsp3) is 0.909. The molecule has 0 bridgehead atoms. The Labute approximate surface area is 99.5 Å². The van der Waals surface area contributed by atoms with E-state index in [0.29, 0.717) is 0 Å². The van der Waals surface area contributed by atoms with Gasteiger partial charge in [0.1, 0.15) is 24.0 Å². The van der Waals surface area contributed by atoms with Crippen LogP contribution in [-0.2, 0) is 9.47 Å². The molecule has 1 amide bonds. The summed E-state index contributed by atoms with van der Waals surface area (Å²) in [6.45, 7) is 5.21. The Kier molecular flexibility index (Phi) is 3.03. The van der Waals surface area contributed by atoms with Crippen LogP contribution in [0.2, 0.25) is 0 Å². The average molecular weight is 247 g/mol. The minimum atomic E-state index is -1.26. The van der Waals surface area contributed by atoms with Crippen LogP contribution in [0.4, 0.5) is 9.18 Å². The number of alkyl halides is 1. The van der Waals surface area contributed by atoms with Gasteiger partial charge in [-0.1, -0.05) is 0 Å². The Morgan fingerprint density at radius 2 is 2.18 bits per heavy atom. The Balaban J connectivity index is 2.08. The van der Waals surface area contributed by atoms with Gasteiger partial charge in [0.2, 0.25) is 0 Å². The average Bonchev–Trinajstić information content (AvgIpc) is 2.67. The summed E-state index contributed by atoms with van der Waals surface area (Å²) in [7, 11) is 0. The molecule has 0 aromatic rings. The van der Waals surface area contributed by atoms with E-state index in [4.69, 9.17) is 9.47 Å². The van der Waals surface area contributed by atoms with Crippen molar-refractivity contribution in [3.05, 3.63) is 0 Å². The Morgan fingerprint density at radius 3 is 2.76 bits per heavy atom. The first kappa shape index (κ1) is 12.6. The van der Waals surface area contributed by atoms with E-state index in [1.165, 1.54) is 4.90 Å². The zero-order chi connectivity index (χ0) is 12.8. The van der Waals surface area contributed by atoms with Crippen LogP contribution in [0.1, 0.15) is 20.8 Å². The van der Waals surface area contributed by atoms with Crippen molar-refractivity contribution in [2.75, 3.05) is 13.2 Å². The molecular weight excluding hydrogens is 229 g/mol. The molecule has 0 saturated carbocycles. The Morgan fingerprint density at radius 1 is 1.53 bits per heavy atom. The van der Waals surface area contributed by atoms with Crippen molar-refractivity contribution in [1.29, 1.82) is 0 Å². The van der Waals surface area contributed by atoms with Crippen molar-refractivity contribution in [2.24, 2.45) is 0 Å². The monoisotopic (exact) mass is 247 g/mol. The molecule has 6 heteroatoms. The number of hydrogen-bond donors (Lipinski definition) is 1. The number of aliphatic hydroxyl groups is 1. The number of aliphatic hydroxyl groups excluding tert-OH is 1. The quantitative estimate of drug-likeness (QED) is 0.684. The molecule has 98 valence electrons. The fourth-order valence-corrected chi connectivity index (χ4v) is 2.26. The molecule has 2 rings (SSSR count). The van der Waals surface area contributed by atoms with Crippen molar-refractivity contribution in [2.45, 2.75) is 50.8 Å². The van der Waals surface area contributed by atoms with Crippen LogP contribution in [0.5, 0.6) is 0 Å². The smallest absolute Gasteiger partial charge is 0.410 e. The fourth-order valence-electron chi connectivity index (χ4n) is 2.26. The maximum atomic E-state index is 13.6. The first-order valence-electron chi connectivity index (χ1n) is 5.73. The zero-order valence-corrected chi connectivity index (χ0v) is 10.2. The van der Waals surface area contributed by atoms with E-state index in [0.717, 1.165) is 0 Å². The molecule has 2 fully saturated rings. The molecule has 0 aromatic heterocycles. The van der Waals surface area contributed by atoms with Gasteiger partial charge in [0.15, 0.2) is 0 Å². The highest BCUT2D eigenvalue weighted by Crippen LogP contribution is 2.32. The van der Waals surface area contributed by atoms with Crippen LogP contribution in [0.25, 0.3) is 0 Å². The number of ether oxygens (including phenoxy) is 2. The van der Waals surface area contributed by atoms with Crippen LogP contribution in [0.3, 0.4) is 0 Å². The second-order valence-corrected chi connectivity index (χ2v) is 5.50. The number of rotatable bonds is 0. The molecule has 0 spiro atoms. The molecule has 2 aliphatic rings. The molecule has 0 radical (unpaired) electrons. The highest BCUT2D eigenvalue weighted by Gasteiger charge is 2.53. The molecule has 1 N–H and O–H groups in total. The van der Waals surface area contributed by atoms with Crippen molar-refractivity contribution < 1.29 is 23.8 Å². The molecule has 4 atom stereocenters. The summed E-state index contributed by atoms with van der Waals surface area (Å²) >= 11 is 0. The topological polar surface area (TPSA) is 59.0 Å². The third kappa shape index (κ3) is 2.37. The number of carbonyl (C=O) groups is 1. The number of carbonyl (C=O) groups excluding carboxylic acids is 1. The van der Waals surface area contributed by atoms with Gasteiger partial charge in [0, 0.05) is 0 Å². The molecule has 0 aromatic carbocycles. The first-order valence-corrected chi connectivity index (χ1v) is 5.73.